The third-order valence-electron chi connectivity index (χ3n) is 3.40. The number of hydrogen-bond acceptors (Lipinski definition) is 2. The minimum atomic E-state index is -0.344. The second kappa shape index (κ2) is 5.80. The SMILES string of the molecule is CN1CCCC1CNCc1cccc(F)c1Cl. The van der Waals surface area contributed by atoms with Gasteiger partial charge in [0.15, 0.2) is 0 Å². The second-order valence-corrected chi connectivity index (χ2v) is 5.00. The van der Waals surface area contributed by atoms with Crippen LogP contribution >= 0.6 is 11.6 Å². The first-order chi connectivity index (χ1) is 8.18. The molecule has 1 aromatic carbocycles. The van der Waals surface area contributed by atoms with Gasteiger partial charge in [-0.1, -0.05) is 23.7 Å². The summed E-state index contributed by atoms with van der Waals surface area (Å²) in [6.45, 7) is 2.73. The predicted octanol–water partition coefficient (Wildman–Crippen LogP) is 2.66. The number of likely N-dealkylation sites (tertiary alicyclic amines) is 1. The first-order valence-corrected chi connectivity index (χ1v) is 6.40. The molecule has 0 radical (unpaired) electrons. The van der Waals surface area contributed by atoms with Crippen LogP contribution in [0.15, 0.2) is 18.2 Å². The van der Waals surface area contributed by atoms with Gasteiger partial charge in [0, 0.05) is 19.1 Å². The van der Waals surface area contributed by atoms with Crippen LogP contribution in [-0.2, 0) is 6.54 Å². The van der Waals surface area contributed by atoms with E-state index in [1.807, 2.05) is 6.07 Å². The third kappa shape index (κ3) is 3.18. The van der Waals surface area contributed by atoms with Crippen molar-refractivity contribution in [3.05, 3.63) is 34.6 Å². The average molecular weight is 257 g/mol. The quantitative estimate of drug-likeness (QED) is 0.891. The summed E-state index contributed by atoms with van der Waals surface area (Å²) in [7, 11) is 2.15. The molecule has 1 aromatic rings. The molecule has 4 heteroatoms. The summed E-state index contributed by atoms with van der Waals surface area (Å²) in [6.07, 6.45) is 2.50. The molecule has 0 spiro atoms. The molecular formula is C13H18ClFN2. The van der Waals surface area contributed by atoms with Crippen LogP contribution in [0.2, 0.25) is 5.02 Å². The van der Waals surface area contributed by atoms with E-state index in [-0.39, 0.29) is 10.8 Å². The van der Waals surface area contributed by atoms with Gasteiger partial charge in [0.25, 0.3) is 0 Å². The summed E-state index contributed by atoms with van der Waals surface area (Å²) in [5.41, 5.74) is 0.826. The van der Waals surface area contributed by atoms with Crippen molar-refractivity contribution in [1.82, 2.24) is 10.2 Å². The zero-order chi connectivity index (χ0) is 12.3. The van der Waals surface area contributed by atoms with Crippen molar-refractivity contribution in [1.29, 1.82) is 0 Å². The van der Waals surface area contributed by atoms with Crippen LogP contribution in [0.1, 0.15) is 18.4 Å². The molecule has 1 aliphatic heterocycles. The predicted molar refractivity (Wildman–Crippen MR) is 68.8 cm³/mol. The number of rotatable bonds is 4. The topological polar surface area (TPSA) is 15.3 Å². The molecular weight excluding hydrogens is 239 g/mol. The molecule has 1 saturated heterocycles. The molecule has 0 amide bonds. The highest BCUT2D eigenvalue weighted by Gasteiger charge is 2.19. The van der Waals surface area contributed by atoms with Gasteiger partial charge < -0.3 is 10.2 Å². The van der Waals surface area contributed by atoms with Gasteiger partial charge in [0.1, 0.15) is 5.82 Å². The van der Waals surface area contributed by atoms with Gasteiger partial charge in [0.2, 0.25) is 0 Å². The van der Waals surface area contributed by atoms with Crippen molar-refractivity contribution >= 4 is 11.6 Å². The number of hydrogen-bond donors (Lipinski definition) is 1. The normalized spacial score (nSPS) is 21.0. The lowest BCUT2D eigenvalue weighted by molar-refractivity contribution is 0.300. The minimum Gasteiger partial charge on any atom is -0.311 e. The fraction of sp³-hybridized carbons (Fsp3) is 0.538. The van der Waals surface area contributed by atoms with Crippen LogP contribution in [0.25, 0.3) is 0 Å². The molecule has 1 N–H and O–H groups in total. The zero-order valence-corrected chi connectivity index (χ0v) is 10.8. The van der Waals surface area contributed by atoms with Gasteiger partial charge in [-0.2, -0.15) is 0 Å². The lowest BCUT2D eigenvalue weighted by atomic mass is 10.2. The molecule has 17 heavy (non-hydrogen) atoms. The smallest absolute Gasteiger partial charge is 0.142 e. The first kappa shape index (κ1) is 12.8. The van der Waals surface area contributed by atoms with E-state index in [0.29, 0.717) is 12.6 Å². The van der Waals surface area contributed by atoms with E-state index in [0.717, 1.165) is 12.1 Å². The maximum atomic E-state index is 13.2. The zero-order valence-electron chi connectivity index (χ0n) is 10.0. The number of nitrogens with zero attached hydrogens (tertiary/aromatic N) is 1. The first-order valence-electron chi connectivity index (χ1n) is 6.02. The Labute approximate surface area is 107 Å². The van der Waals surface area contributed by atoms with E-state index >= 15 is 0 Å². The van der Waals surface area contributed by atoms with Crippen molar-refractivity contribution in [2.45, 2.75) is 25.4 Å². The fourth-order valence-electron chi connectivity index (χ4n) is 2.30. The van der Waals surface area contributed by atoms with Crippen LogP contribution in [0.3, 0.4) is 0 Å². The molecule has 0 saturated carbocycles. The Kier molecular flexibility index (Phi) is 4.37. The minimum absolute atomic E-state index is 0.236. The Hall–Kier alpha value is -0.640. The van der Waals surface area contributed by atoms with E-state index in [1.54, 1.807) is 6.07 Å². The Morgan fingerprint density at radius 3 is 3.06 bits per heavy atom. The molecule has 1 fully saturated rings. The Balaban J connectivity index is 1.84. The molecule has 0 aromatic heterocycles. The maximum Gasteiger partial charge on any atom is 0.142 e. The molecule has 2 nitrogen and oxygen atoms in total. The van der Waals surface area contributed by atoms with Crippen molar-refractivity contribution in [2.24, 2.45) is 0 Å². The Morgan fingerprint density at radius 1 is 1.53 bits per heavy atom. The molecule has 1 unspecified atom stereocenters. The maximum absolute atomic E-state index is 13.2. The van der Waals surface area contributed by atoms with Crippen molar-refractivity contribution in [3.8, 4) is 0 Å². The van der Waals surface area contributed by atoms with Crippen LogP contribution in [-0.4, -0.2) is 31.1 Å². The lowest BCUT2D eigenvalue weighted by Crippen LogP contribution is -2.35. The summed E-state index contributed by atoms with van der Waals surface area (Å²) in [5.74, 6) is -0.344. The van der Waals surface area contributed by atoms with Gasteiger partial charge >= 0.3 is 0 Å². The number of halogens is 2. The largest absolute Gasteiger partial charge is 0.311 e. The van der Waals surface area contributed by atoms with Crippen LogP contribution in [0.5, 0.6) is 0 Å². The van der Waals surface area contributed by atoms with Crippen LogP contribution in [0, 0.1) is 5.82 Å². The monoisotopic (exact) mass is 256 g/mol. The van der Waals surface area contributed by atoms with Gasteiger partial charge in [0.05, 0.1) is 5.02 Å². The summed E-state index contributed by atoms with van der Waals surface area (Å²) < 4.78 is 13.2. The van der Waals surface area contributed by atoms with Gasteiger partial charge in [-0.3, -0.25) is 0 Å². The van der Waals surface area contributed by atoms with Crippen LogP contribution in [0.4, 0.5) is 4.39 Å². The number of benzene rings is 1. The Morgan fingerprint density at radius 2 is 2.35 bits per heavy atom. The summed E-state index contributed by atoms with van der Waals surface area (Å²) >= 11 is 5.89. The molecule has 0 aliphatic carbocycles. The lowest BCUT2D eigenvalue weighted by Gasteiger charge is -2.19. The molecule has 1 aliphatic rings. The highest BCUT2D eigenvalue weighted by atomic mass is 35.5. The Bertz CT molecular complexity index is 384. The van der Waals surface area contributed by atoms with Crippen molar-refractivity contribution in [2.75, 3.05) is 20.1 Å². The van der Waals surface area contributed by atoms with Crippen molar-refractivity contribution in [3.63, 3.8) is 0 Å². The third-order valence-corrected chi connectivity index (χ3v) is 3.82. The average Bonchev–Trinajstić information content (AvgIpc) is 2.71. The van der Waals surface area contributed by atoms with E-state index < -0.39 is 0 Å². The molecule has 1 atom stereocenters. The summed E-state index contributed by atoms with van der Waals surface area (Å²) in [6, 6.07) is 5.54. The van der Waals surface area contributed by atoms with E-state index in [1.165, 1.54) is 25.5 Å². The second-order valence-electron chi connectivity index (χ2n) is 4.62. The van der Waals surface area contributed by atoms with E-state index in [2.05, 4.69) is 17.3 Å². The standard InChI is InChI=1S/C13H18ClFN2/c1-17-7-3-5-11(17)9-16-8-10-4-2-6-12(15)13(10)14/h2,4,6,11,16H,3,5,7-9H2,1H3. The van der Waals surface area contributed by atoms with Gasteiger partial charge in [-0.25, -0.2) is 4.39 Å². The van der Waals surface area contributed by atoms with Gasteiger partial charge in [-0.05, 0) is 38.1 Å². The van der Waals surface area contributed by atoms with E-state index in [4.69, 9.17) is 11.6 Å². The summed E-state index contributed by atoms with van der Waals surface area (Å²) in [5, 5.41) is 3.59. The number of likely N-dealkylation sites (N-methyl/N-ethyl adjacent to an activating group) is 1. The summed E-state index contributed by atoms with van der Waals surface area (Å²) in [4.78, 5) is 2.36. The van der Waals surface area contributed by atoms with E-state index in [9.17, 15) is 4.39 Å². The van der Waals surface area contributed by atoms with Crippen molar-refractivity contribution < 1.29 is 4.39 Å². The molecule has 1 heterocycles. The fourth-order valence-corrected chi connectivity index (χ4v) is 2.49. The number of nitrogens with one attached hydrogen (secondary N) is 1. The molecule has 94 valence electrons. The molecule has 0 bridgehead atoms. The highest BCUT2D eigenvalue weighted by molar-refractivity contribution is 6.31. The van der Waals surface area contributed by atoms with Crippen LogP contribution < -0.4 is 5.32 Å². The van der Waals surface area contributed by atoms with Gasteiger partial charge in [-0.15, -0.1) is 0 Å². The highest BCUT2D eigenvalue weighted by Crippen LogP contribution is 2.19. The molecule has 2 rings (SSSR count).